The number of rotatable bonds is 1. The van der Waals surface area contributed by atoms with Gasteiger partial charge in [0.1, 0.15) is 0 Å². The van der Waals surface area contributed by atoms with Crippen LogP contribution in [0.2, 0.25) is 0 Å². The molecule has 0 saturated heterocycles. The Morgan fingerprint density at radius 3 is 1.93 bits per heavy atom. The van der Waals surface area contributed by atoms with Gasteiger partial charge in [-0.25, -0.2) is 0 Å². The minimum atomic E-state index is -0.270. The number of amides is 2. The Kier molecular flexibility index (Phi) is 6.02. The Morgan fingerprint density at radius 1 is 1.07 bits per heavy atom. The van der Waals surface area contributed by atoms with Gasteiger partial charge in [0.05, 0.1) is 0 Å². The van der Waals surface area contributed by atoms with Gasteiger partial charge in [0.2, 0.25) is 5.91 Å². The second kappa shape index (κ2) is 6.76. The van der Waals surface area contributed by atoms with Crippen LogP contribution in [0.5, 0.6) is 0 Å². The van der Waals surface area contributed by atoms with Gasteiger partial charge >= 0.3 is 0 Å². The molecule has 0 aromatic heterocycles. The van der Waals surface area contributed by atoms with Crippen molar-refractivity contribution < 1.29 is 9.59 Å². The molecule has 0 aliphatic rings. The van der Waals surface area contributed by atoms with Gasteiger partial charge in [0, 0.05) is 19.5 Å². The summed E-state index contributed by atoms with van der Waals surface area (Å²) in [5.41, 5.74) is 0.528. The van der Waals surface area contributed by atoms with E-state index in [0.29, 0.717) is 5.56 Å². The van der Waals surface area contributed by atoms with Gasteiger partial charge in [-0.05, 0) is 12.1 Å². The molecule has 0 N–H and O–H groups in total. The summed E-state index contributed by atoms with van der Waals surface area (Å²) in [6.07, 6.45) is 0. The molecule has 0 unspecified atom stereocenters. The Bertz CT molecular complexity index is 320. The number of hydrogen-bond acceptors (Lipinski definition) is 2. The van der Waals surface area contributed by atoms with E-state index < -0.39 is 0 Å². The number of nitrogens with zero attached hydrogens (tertiary/aromatic N) is 1. The highest BCUT2D eigenvalue weighted by Gasteiger charge is 2.13. The topological polar surface area (TPSA) is 37.4 Å². The largest absolute Gasteiger partial charge is 0.282 e. The maximum atomic E-state index is 11.5. The molecule has 1 aromatic rings. The Labute approximate surface area is 90.7 Å². The summed E-state index contributed by atoms with van der Waals surface area (Å²) in [6.45, 7) is 5.36. The van der Waals surface area contributed by atoms with Gasteiger partial charge in [0.25, 0.3) is 5.91 Å². The molecule has 2 amide bonds. The molecule has 3 nitrogen and oxygen atoms in total. The number of imide groups is 1. The van der Waals surface area contributed by atoms with Crippen LogP contribution in [0.4, 0.5) is 0 Å². The van der Waals surface area contributed by atoms with E-state index in [2.05, 4.69) is 0 Å². The van der Waals surface area contributed by atoms with Crippen molar-refractivity contribution in [3.63, 3.8) is 0 Å². The van der Waals surface area contributed by atoms with Gasteiger partial charge in [0.15, 0.2) is 0 Å². The molecule has 15 heavy (non-hydrogen) atoms. The number of carbonyl (C=O) groups excluding carboxylic acids is 2. The molecular formula is C12H17NO2. The van der Waals surface area contributed by atoms with Crippen molar-refractivity contribution in [3.05, 3.63) is 35.9 Å². The number of carbonyl (C=O) groups is 2. The summed E-state index contributed by atoms with van der Waals surface area (Å²) in [5, 5.41) is 0. The summed E-state index contributed by atoms with van der Waals surface area (Å²) in [7, 11) is 1.47. The minimum Gasteiger partial charge on any atom is -0.282 e. The average Bonchev–Trinajstić information content (AvgIpc) is 2.31. The van der Waals surface area contributed by atoms with Gasteiger partial charge in [-0.1, -0.05) is 32.0 Å². The minimum absolute atomic E-state index is 0.256. The third kappa shape index (κ3) is 3.94. The fourth-order valence-electron chi connectivity index (χ4n) is 0.917. The standard InChI is InChI=1S/C10H11NO2.C2H6/c1-8(12)11(2)10(13)9-6-4-3-5-7-9;1-2/h3-7H,1-2H3;1-2H3. The quantitative estimate of drug-likeness (QED) is 0.708. The highest BCUT2D eigenvalue weighted by molar-refractivity contribution is 6.03. The summed E-state index contributed by atoms with van der Waals surface area (Å²) in [6, 6.07) is 8.72. The summed E-state index contributed by atoms with van der Waals surface area (Å²) >= 11 is 0. The lowest BCUT2D eigenvalue weighted by Gasteiger charge is -2.12. The summed E-state index contributed by atoms with van der Waals surface area (Å²) in [5.74, 6) is -0.526. The van der Waals surface area contributed by atoms with E-state index >= 15 is 0 Å². The lowest BCUT2D eigenvalue weighted by atomic mass is 10.2. The van der Waals surface area contributed by atoms with E-state index in [-0.39, 0.29) is 11.8 Å². The van der Waals surface area contributed by atoms with E-state index in [1.807, 2.05) is 19.9 Å². The van der Waals surface area contributed by atoms with E-state index in [1.165, 1.54) is 14.0 Å². The molecule has 0 heterocycles. The third-order valence-electron chi connectivity index (χ3n) is 1.80. The molecule has 0 bridgehead atoms. The molecule has 0 spiro atoms. The summed E-state index contributed by atoms with van der Waals surface area (Å²) < 4.78 is 0. The highest BCUT2D eigenvalue weighted by atomic mass is 16.2. The highest BCUT2D eigenvalue weighted by Crippen LogP contribution is 2.02. The van der Waals surface area contributed by atoms with E-state index in [1.54, 1.807) is 24.3 Å². The van der Waals surface area contributed by atoms with E-state index in [9.17, 15) is 9.59 Å². The smallest absolute Gasteiger partial charge is 0.260 e. The fraction of sp³-hybridized carbons (Fsp3) is 0.333. The molecule has 82 valence electrons. The molecule has 3 heteroatoms. The molecule has 1 rings (SSSR count). The average molecular weight is 207 g/mol. The third-order valence-corrected chi connectivity index (χ3v) is 1.80. The molecular weight excluding hydrogens is 190 g/mol. The fourth-order valence-corrected chi connectivity index (χ4v) is 0.917. The normalized spacial score (nSPS) is 8.53. The monoisotopic (exact) mass is 207 g/mol. The van der Waals surface area contributed by atoms with Crippen molar-refractivity contribution in [2.75, 3.05) is 7.05 Å². The van der Waals surface area contributed by atoms with Crippen molar-refractivity contribution in [3.8, 4) is 0 Å². The van der Waals surface area contributed by atoms with Crippen molar-refractivity contribution in [2.45, 2.75) is 20.8 Å². The van der Waals surface area contributed by atoms with Gasteiger partial charge < -0.3 is 0 Å². The van der Waals surface area contributed by atoms with Crippen LogP contribution >= 0.6 is 0 Å². The van der Waals surface area contributed by atoms with Crippen molar-refractivity contribution in [2.24, 2.45) is 0 Å². The SMILES string of the molecule is CC.CC(=O)N(C)C(=O)c1ccccc1. The molecule has 0 aliphatic heterocycles. The van der Waals surface area contributed by atoms with Crippen LogP contribution in [0.25, 0.3) is 0 Å². The molecule has 0 fully saturated rings. The van der Waals surface area contributed by atoms with Crippen LogP contribution in [0.3, 0.4) is 0 Å². The van der Waals surface area contributed by atoms with Crippen LogP contribution in [0, 0.1) is 0 Å². The molecule has 0 atom stereocenters. The van der Waals surface area contributed by atoms with Gasteiger partial charge in [-0.3, -0.25) is 14.5 Å². The van der Waals surface area contributed by atoms with Crippen molar-refractivity contribution >= 4 is 11.8 Å². The zero-order valence-electron chi connectivity index (χ0n) is 9.65. The summed E-state index contributed by atoms with van der Waals surface area (Å²) in [4.78, 5) is 23.4. The maximum absolute atomic E-state index is 11.5. The van der Waals surface area contributed by atoms with Crippen LogP contribution in [-0.2, 0) is 4.79 Å². The van der Waals surface area contributed by atoms with Crippen molar-refractivity contribution in [1.29, 1.82) is 0 Å². The Balaban J connectivity index is 0.000000921. The molecule has 0 aliphatic carbocycles. The molecule has 0 saturated carbocycles. The molecule has 0 radical (unpaired) electrons. The maximum Gasteiger partial charge on any atom is 0.260 e. The van der Waals surface area contributed by atoms with Crippen LogP contribution in [-0.4, -0.2) is 23.8 Å². The van der Waals surface area contributed by atoms with E-state index in [4.69, 9.17) is 0 Å². The van der Waals surface area contributed by atoms with Gasteiger partial charge in [-0.15, -0.1) is 0 Å². The Morgan fingerprint density at radius 2 is 1.53 bits per heavy atom. The van der Waals surface area contributed by atoms with Crippen molar-refractivity contribution in [1.82, 2.24) is 4.90 Å². The van der Waals surface area contributed by atoms with Crippen LogP contribution < -0.4 is 0 Å². The van der Waals surface area contributed by atoms with Crippen LogP contribution in [0.15, 0.2) is 30.3 Å². The van der Waals surface area contributed by atoms with E-state index in [0.717, 1.165) is 4.90 Å². The molecule has 1 aromatic carbocycles. The first-order chi connectivity index (χ1) is 7.13. The lowest BCUT2D eigenvalue weighted by molar-refractivity contribution is -0.125. The lowest BCUT2D eigenvalue weighted by Crippen LogP contribution is -2.30. The number of hydrogen-bond donors (Lipinski definition) is 0. The van der Waals surface area contributed by atoms with Gasteiger partial charge in [-0.2, -0.15) is 0 Å². The first-order valence-electron chi connectivity index (χ1n) is 4.96. The zero-order valence-corrected chi connectivity index (χ0v) is 9.65. The predicted octanol–water partition coefficient (Wildman–Crippen LogP) is 2.33. The first-order valence-corrected chi connectivity index (χ1v) is 4.96. The zero-order chi connectivity index (χ0) is 11.8. The second-order valence-electron chi connectivity index (χ2n) is 2.75. The first kappa shape index (κ1) is 13.4. The predicted molar refractivity (Wildman–Crippen MR) is 60.6 cm³/mol. The second-order valence-corrected chi connectivity index (χ2v) is 2.75. The number of benzene rings is 1. The Hall–Kier alpha value is -1.64. The van der Waals surface area contributed by atoms with Crippen LogP contribution in [0.1, 0.15) is 31.1 Å².